The normalized spacial score (nSPS) is 15.7. The van der Waals surface area contributed by atoms with Gasteiger partial charge >= 0.3 is 0 Å². The fourth-order valence-corrected chi connectivity index (χ4v) is 6.23. The SMILES string of the molecule is CC1(C)c2ccccc2-c2c1c1c(n2-c2c(C#N)cccc2C#N)-c2ccccc2C1(C)C. The molecule has 2 aliphatic rings. The molecule has 6 rings (SSSR count). The smallest absolute Gasteiger partial charge is 0.101 e. The molecule has 0 bridgehead atoms. The van der Waals surface area contributed by atoms with Gasteiger partial charge in [-0.15, -0.1) is 0 Å². The minimum Gasteiger partial charge on any atom is -0.306 e. The number of hydrogen-bond donors (Lipinski definition) is 0. The zero-order valence-corrected chi connectivity index (χ0v) is 19.2. The monoisotopic (exact) mass is 425 g/mol. The van der Waals surface area contributed by atoms with Crippen molar-refractivity contribution in [3.8, 4) is 40.3 Å². The van der Waals surface area contributed by atoms with Crippen molar-refractivity contribution in [3.05, 3.63) is 100 Å². The zero-order chi connectivity index (χ0) is 23.1. The van der Waals surface area contributed by atoms with Gasteiger partial charge in [0, 0.05) is 22.0 Å². The van der Waals surface area contributed by atoms with Crippen molar-refractivity contribution in [1.29, 1.82) is 10.5 Å². The van der Waals surface area contributed by atoms with Gasteiger partial charge in [-0.05, 0) is 34.4 Å². The van der Waals surface area contributed by atoms with Crippen LogP contribution in [0.3, 0.4) is 0 Å². The van der Waals surface area contributed by atoms with E-state index in [0.717, 1.165) is 11.4 Å². The summed E-state index contributed by atoms with van der Waals surface area (Å²) in [6.45, 7) is 9.18. The van der Waals surface area contributed by atoms with Crippen molar-refractivity contribution in [2.45, 2.75) is 38.5 Å². The number of para-hydroxylation sites is 1. The van der Waals surface area contributed by atoms with Crippen molar-refractivity contribution in [3.63, 3.8) is 0 Å². The van der Waals surface area contributed by atoms with Crippen LogP contribution in [0.5, 0.6) is 0 Å². The topological polar surface area (TPSA) is 52.5 Å². The van der Waals surface area contributed by atoms with E-state index in [2.05, 4.69) is 92.9 Å². The molecule has 158 valence electrons. The van der Waals surface area contributed by atoms with Gasteiger partial charge in [-0.1, -0.05) is 82.3 Å². The first-order valence-electron chi connectivity index (χ1n) is 11.3. The molecule has 3 nitrogen and oxygen atoms in total. The number of rotatable bonds is 1. The van der Waals surface area contributed by atoms with Crippen LogP contribution in [0.4, 0.5) is 0 Å². The van der Waals surface area contributed by atoms with Crippen molar-refractivity contribution in [2.24, 2.45) is 0 Å². The van der Waals surface area contributed by atoms with Gasteiger partial charge in [-0.25, -0.2) is 0 Å². The number of aromatic nitrogens is 1. The van der Waals surface area contributed by atoms with Crippen LogP contribution in [-0.4, -0.2) is 4.57 Å². The van der Waals surface area contributed by atoms with E-state index in [1.165, 1.54) is 33.4 Å². The standard InChI is InChI=1S/C30H23N3/c1-29(2)22-14-7-5-12-20(22)27-24(29)25-28(21-13-6-8-15-23(21)30(25,3)4)33(27)26-18(16-31)10-9-11-19(26)17-32/h5-15H,1-4H3. The molecule has 0 N–H and O–H groups in total. The van der Waals surface area contributed by atoms with E-state index in [-0.39, 0.29) is 10.8 Å². The Morgan fingerprint density at radius 2 is 1.03 bits per heavy atom. The van der Waals surface area contributed by atoms with Crippen LogP contribution >= 0.6 is 0 Å². The minimum absolute atomic E-state index is 0.199. The van der Waals surface area contributed by atoms with Gasteiger partial charge in [-0.3, -0.25) is 0 Å². The lowest BCUT2D eigenvalue weighted by Crippen LogP contribution is -2.23. The maximum Gasteiger partial charge on any atom is 0.101 e. The molecule has 3 aromatic carbocycles. The van der Waals surface area contributed by atoms with Crippen LogP contribution < -0.4 is 0 Å². The van der Waals surface area contributed by atoms with Crippen molar-refractivity contribution < 1.29 is 0 Å². The molecule has 0 saturated heterocycles. The average Bonchev–Trinajstić information content (AvgIpc) is 3.38. The molecule has 0 fully saturated rings. The summed E-state index contributed by atoms with van der Waals surface area (Å²) in [6.07, 6.45) is 0. The van der Waals surface area contributed by atoms with Gasteiger partial charge in [0.1, 0.15) is 12.1 Å². The van der Waals surface area contributed by atoms with Crippen LogP contribution in [0.15, 0.2) is 66.7 Å². The molecule has 1 aromatic heterocycles. The molecular weight excluding hydrogens is 402 g/mol. The van der Waals surface area contributed by atoms with E-state index < -0.39 is 0 Å². The molecule has 0 radical (unpaired) electrons. The Morgan fingerprint density at radius 3 is 1.45 bits per heavy atom. The first-order chi connectivity index (χ1) is 15.8. The summed E-state index contributed by atoms with van der Waals surface area (Å²) in [7, 11) is 0. The lowest BCUT2D eigenvalue weighted by Gasteiger charge is -2.28. The Kier molecular flexibility index (Phi) is 3.71. The highest BCUT2D eigenvalue weighted by molar-refractivity contribution is 5.93. The quantitative estimate of drug-likeness (QED) is 0.335. The average molecular weight is 426 g/mol. The number of nitriles is 2. The molecule has 1 heterocycles. The number of fused-ring (bicyclic) bond motifs is 7. The van der Waals surface area contributed by atoms with Gasteiger partial charge in [0.2, 0.25) is 0 Å². The van der Waals surface area contributed by atoms with Gasteiger partial charge in [0.05, 0.1) is 28.2 Å². The second-order valence-corrected chi connectivity index (χ2v) is 10.0. The van der Waals surface area contributed by atoms with Gasteiger partial charge in [-0.2, -0.15) is 10.5 Å². The van der Waals surface area contributed by atoms with Crippen LogP contribution in [0.2, 0.25) is 0 Å². The predicted octanol–water partition coefficient (Wildman–Crippen LogP) is 6.83. The summed E-state index contributed by atoms with van der Waals surface area (Å²) in [4.78, 5) is 0. The highest BCUT2D eigenvalue weighted by atomic mass is 15.0. The van der Waals surface area contributed by atoms with E-state index in [4.69, 9.17) is 0 Å². The zero-order valence-electron chi connectivity index (χ0n) is 19.2. The van der Waals surface area contributed by atoms with Crippen LogP contribution in [0.25, 0.3) is 28.2 Å². The van der Waals surface area contributed by atoms with Crippen molar-refractivity contribution in [2.75, 3.05) is 0 Å². The fraction of sp³-hybridized carbons (Fsp3) is 0.200. The lowest BCUT2D eigenvalue weighted by molar-refractivity contribution is 0.603. The maximum atomic E-state index is 10.1. The molecule has 2 aliphatic carbocycles. The molecule has 0 aliphatic heterocycles. The van der Waals surface area contributed by atoms with Crippen molar-refractivity contribution >= 4 is 0 Å². The Labute approximate surface area is 194 Å². The molecule has 3 heteroatoms. The third-order valence-corrected chi connectivity index (χ3v) is 7.63. The summed E-state index contributed by atoms with van der Waals surface area (Å²) in [5.41, 5.74) is 11.1. The second-order valence-electron chi connectivity index (χ2n) is 10.0. The largest absolute Gasteiger partial charge is 0.306 e. The Bertz CT molecular complexity index is 1470. The first-order valence-corrected chi connectivity index (χ1v) is 11.3. The predicted molar refractivity (Wildman–Crippen MR) is 130 cm³/mol. The summed E-state index contributed by atoms with van der Waals surface area (Å²) in [5.74, 6) is 0. The number of nitrogens with zero attached hydrogens (tertiary/aromatic N) is 3. The summed E-state index contributed by atoms with van der Waals surface area (Å²) < 4.78 is 2.23. The first kappa shape index (κ1) is 19.6. The Balaban J connectivity index is 1.90. The van der Waals surface area contributed by atoms with E-state index in [1.807, 2.05) is 12.1 Å². The third-order valence-electron chi connectivity index (χ3n) is 7.63. The summed E-state index contributed by atoms with van der Waals surface area (Å²) >= 11 is 0. The fourth-order valence-electron chi connectivity index (χ4n) is 6.23. The molecule has 33 heavy (non-hydrogen) atoms. The van der Waals surface area contributed by atoms with E-state index in [0.29, 0.717) is 16.8 Å². The molecule has 0 saturated carbocycles. The molecule has 0 atom stereocenters. The molecule has 0 unspecified atom stereocenters. The van der Waals surface area contributed by atoms with Crippen LogP contribution in [-0.2, 0) is 10.8 Å². The van der Waals surface area contributed by atoms with E-state index >= 15 is 0 Å². The van der Waals surface area contributed by atoms with Gasteiger partial charge in [0.15, 0.2) is 0 Å². The summed E-state index contributed by atoms with van der Waals surface area (Å²) in [5, 5.41) is 20.1. The van der Waals surface area contributed by atoms with E-state index in [1.54, 1.807) is 6.07 Å². The Morgan fingerprint density at radius 1 is 0.606 bits per heavy atom. The van der Waals surface area contributed by atoms with Crippen molar-refractivity contribution in [1.82, 2.24) is 4.57 Å². The minimum atomic E-state index is -0.199. The molecule has 4 aromatic rings. The van der Waals surface area contributed by atoms with E-state index in [9.17, 15) is 10.5 Å². The number of hydrogen-bond acceptors (Lipinski definition) is 2. The molecular formula is C30H23N3. The maximum absolute atomic E-state index is 10.1. The van der Waals surface area contributed by atoms with Gasteiger partial charge < -0.3 is 4.57 Å². The molecule has 0 amide bonds. The highest BCUT2D eigenvalue weighted by Crippen LogP contribution is 2.61. The second kappa shape index (κ2) is 6.25. The number of benzene rings is 3. The third kappa shape index (κ3) is 2.22. The Hall–Kier alpha value is -4.08. The van der Waals surface area contributed by atoms with Crippen LogP contribution in [0.1, 0.15) is 61.1 Å². The van der Waals surface area contributed by atoms with Gasteiger partial charge in [0.25, 0.3) is 0 Å². The summed E-state index contributed by atoms with van der Waals surface area (Å²) in [6, 6.07) is 27.3. The molecule has 0 spiro atoms. The van der Waals surface area contributed by atoms with Crippen LogP contribution in [0, 0.1) is 22.7 Å². The lowest BCUT2D eigenvalue weighted by atomic mass is 9.74. The highest BCUT2D eigenvalue weighted by Gasteiger charge is 2.50.